The lowest BCUT2D eigenvalue weighted by Crippen LogP contribution is -2.26. The average Bonchev–Trinajstić information content (AvgIpc) is 1.98. The lowest BCUT2D eigenvalue weighted by atomic mass is 10.1. The summed E-state index contributed by atoms with van der Waals surface area (Å²) < 4.78 is 9.30. The van der Waals surface area contributed by atoms with Gasteiger partial charge in [-0.3, -0.25) is 4.79 Å². The molecule has 5 heteroatoms. The van der Waals surface area contributed by atoms with E-state index in [2.05, 4.69) is 4.74 Å². The molecule has 0 heterocycles. The van der Waals surface area contributed by atoms with Crippen LogP contribution >= 0.6 is 0 Å². The van der Waals surface area contributed by atoms with E-state index in [9.17, 15) is 9.59 Å². The maximum atomic E-state index is 11.2. The molecule has 2 N–H and O–H groups in total. The van der Waals surface area contributed by atoms with E-state index in [0.717, 1.165) is 6.42 Å². The Morgan fingerprint density at radius 2 is 1.88 bits per heavy atom. The third-order valence-electron chi connectivity index (χ3n) is 1.63. The minimum Gasteiger partial charge on any atom is -0.428 e. The van der Waals surface area contributed by atoms with Crippen LogP contribution in [0.1, 0.15) is 47.0 Å². The van der Waals surface area contributed by atoms with Crippen molar-refractivity contribution in [2.45, 2.75) is 58.6 Å². The van der Waals surface area contributed by atoms with Gasteiger partial charge in [0.15, 0.2) is 0 Å². The van der Waals surface area contributed by atoms with Crippen molar-refractivity contribution < 1.29 is 19.1 Å². The molecule has 0 saturated carbocycles. The quantitative estimate of drug-likeness (QED) is 0.591. The topological polar surface area (TPSA) is 78.6 Å². The van der Waals surface area contributed by atoms with Gasteiger partial charge >= 0.3 is 12.1 Å². The van der Waals surface area contributed by atoms with Gasteiger partial charge in [-0.2, -0.15) is 0 Å². The normalized spacial score (nSPS) is 13.1. The third kappa shape index (κ3) is 9.45. The smallest absolute Gasteiger partial charge is 0.428 e. The number of ether oxygens (including phenoxy) is 2. The molecule has 0 saturated heterocycles. The van der Waals surface area contributed by atoms with E-state index in [4.69, 9.17) is 10.5 Å². The first-order valence-electron chi connectivity index (χ1n) is 5.40. The summed E-state index contributed by atoms with van der Waals surface area (Å²) in [6.07, 6.45) is 0.571. The van der Waals surface area contributed by atoms with E-state index in [1.807, 2.05) is 6.92 Å². The largest absolute Gasteiger partial charge is 0.516 e. The number of carbonyl (C=O) groups is 2. The van der Waals surface area contributed by atoms with E-state index in [1.54, 1.807) is 20.8 Å². The van der Waals surface area contributed by atoms with Crippen LogP contribution < -0.4 is 5.73 Å². The molecule has 94 valence electrons. The lowest BCUT2D eigenvalue weighted by Gasteiger charge is -2.18. The summed E-state index contributed by atoms with van der Waals surface area (Å²) in [5, 5.41) is 0. The first-order chi connectivity index (χ1) is 7.20. The lowest BCUT2D eigenvalue weighted by molar-refractivity contribution is -0.141. The second-order valence-corrected chi connectivity index (χ2v) is 4.81. The van der Waals surface area contributed by atoms with Crippen molar-refractivity contribution in [2.24, 2.45) is 5.73 Å². The molecule has 5 nitrogen and oxygen atoms in total. The van der Waals surface area contributed by atoms with Crippen LogP contribution in [0.5, 0.6) is 0 Å². The molecule has 0 radical (unpaired) electrons. The van der Waals surface area contributed by atoms with Crippen molar-refractivity contribution in [1.29, 1.82) is 0 Å². The van der Waals surface area contributed by atoms with Crippen LogP contribution in [0.25, 0.3) is 0 Å². The SMILES string of the molecule is CC(N)CCCC(=O)OC(=O)OC(C)(C)C. The molecule has 0 aliphatic rings. The molecule has 0 aliphatic carbocycles. The van der Waals surface area contributed by atoms with Crippen LogP contribution in [-0.2, 0) is 14.3 Å². The van der Waals surface area contributed by atoms with Crippen molar-refractivity contribution in [3.8, 4) is 0 Å². The van der Waals surface area contributed by atoms with Gasteiger partial charge in [0.25, 0.3) is 0 Å². The Kier molecular flexibility index (Phi) is 6.03. The second kappa shape index (κ2) is 6.48. The standard InChI is InChI=1S/C11H21NO4/c1-8(12)6-5-7-9(13)15-10(14)16-11(2,3)4/h8H,5-7,12H2,1-4H3. The monoisotopic (exact) mass is 231 g/mol. The fourth-order valence-electron chi connectivity index (χ4n) is 0.983. The Bertz CT molecular complexity index is 243. The summed E-state index contributed by atoms with van der Waals surface area (Å²) in [5.41, 5.74) is 4.87. The van der Waals surface area contributed by atoms with Gasteiger partial charge in [0.1, 0.15) is 5.60 Å². The predicted molar refractivity (Wildman–Crippen MR) is 59.8 cm³/mol. The predicted octanol–water partition coefficient (Wildman–Crippen LogP) is 1.98. The molecule has 0 rings (SSSR count). The number of carbonyl (C=O) groups excluding carboxylic acids is 2. The third-order valence-corrected chi connectivity index (χ3v) is 1.63. The van der Waals surface area contributed by atoms with Crippen molar-refractivity contribution >= 4 is 12.1 Å². The first kappa shape index (κ1) is 14.9. The summed E-state index contributed by atoms with van der Waals surface area (Å²) in [4.78, 5) is 22.2. The molecule has 0 amide bonds. The maximum Gasteiger partial charge on any atom is 0.516 e. The number of hydrogen-bond donors (Lipinski definition) is 1. The molecule has 1 atom stereocenters. The Balaban J connectivity index is 3.75. The number of rotatable bonds is 4. The van der Waals surface area contributed by atoms with E-state index in [1.165, 1.54) is 0 Å². The first-order valence-corrected chi connectivity index (χ1v) is 5.40. The van der Waals surface area contributed by atoms with Gasteiger partial charge in [0, 0.05) is 12.5 Å². The summed E-state index contributed by atoms with van der Waals surface area (Å²) in [6.45, 7) is 6.97. The Hall–Kier alpha value is -1.10. The minimum absolute atomic E-state index is 0.0503. The molecule has 16 heavy (non-hydrogen) atoms. The summed E-state index contributed by atoms with van der Waals surface area (Å²) >= 11 is 0. The molecule has 0 aromatic heterocycles. The number of hydrogen-bond acceptors (Lipinski definition) is 5. The van der Waals surface area contributed by atoms with Crippen molar-refractivity contribution in [3.63, 3.8) is 0 Å². The van der Waals surface area contributed by atoms with E-state index in [-0.39, 0.29) is 12.5 Å². The van der Waals surface area contributed by atoms with Gasteiger partial charge < -0.3 is 15.2 Å². The van der Waals surface area contributed by atoms with Gasteiger partial charge in [0.05, 0.1) is 0 Å². The van der Waals surface area contributed by atoms with Crippen LogP contribution in [0.15, 0.2) is 0 Å². The van der Waals surface area contributed by atoms with Crippen LogP contribution in [0.3, 0.4) is 0 Å². The Morgan fingerprint density at radius 1 is 1.31 bits per heavy atom. The molecule has 1 unspecified atom stereocenters. The molecule has 0 aromatic carbocycles. The summed E-state index contributed by atoms with van der Waals surface area (Å²) in [7, 11) is 0. The molecule has 0 bridgehead atoms. The average molecular weight is 231 g/mol. The minimum atomic E-state index is -0.946. The second-order valence-electron chi connectivity index (χ2n) is 4.81. The van der Waals surface area contributed by atoms with Gasteiger partial charge in [-0.15, -0.1) is 0 Å². The highest BCUT2D eigenvalue weighted by molar-refractivity contribution is 5.81. The van der Waals surface area contributed by atoms with E-state index in [0.29, 0.717) is 6.42 Å². The fourth-order valence-corrected chi connectivity index (χ4v) is 0.983. The molecular formula is C11H21NO4. The zero-order valence-electron chi connectivity index (χ0n) is 10.4. The van der Waals surface area contributed by atoms with Crippen molar-refractivity contribution in [2.75, 3.05) is 0 Å². The molecule has 0 fully saturated rings. The zero-order valence-corrected chi connectivity index (χ0v) is 10.4. The Morgan fingerprint density at radius 3 is 2.31 bits per heavy atom. The highest BCUT2D eigenvalue weighted by Crippen LogP contribution is 2.09. The van der Waals surface area contributed by atoms with Gasteiger partial charge in [-0.1, -0.05) is 0 Å². The van der Waals surface area contributed by atoms with Crippen LogP contribution in [-0.4, -0.2) is 23.8 Å². The zero-order chi connectivity index (χ0) is 12.8. The van der Waals surface area contributed by atoms with Gasteiger partial charge in [-0.25, -0.2) is 4.79 Å². The van der Waals surface area contributed by atoms with E-state index < -0.39 is 17.7 Å². The van der Waals surface area contributed by atoms with E-state index >= 15 is 0 Å². The highest BCUT2D eigenvalue weighted by atomic mass is 16.7. The molecule has 0 spiro atoms. The summed E-state index contributed by atoms with van der Waals surface area (Å²) in [5.74, 6) is -0.574. The van der Waals surface area contributed by atoms with Crippen LogP contribution in [0, 0.1) is 0 Å². The van der Waals surface area contributed by atoms with Crippen LogP contribution in [0.4, 0.5) is 4.79 Å². The van der Waals surface area contributed by atoms with Crippen molar-refractivity contribution in [3.05, 3.63) is 0 Å². The summed E-state index contributed by atoms with van der Waals surface area (Å²) in [6, 6.07) is 0.0503. The molecular weight excluding hydrogens is 210 g/mol. The molecule has 0 aliphatic heterocycles. The van der Waals surface area contributed by atoms with Crippen LogP contribution in [0.2, 0.25) is 0 Å². The number of nitrogens with two attached hydrogens (primary N) is 1. The van der Waals surface area contributed by atoms with Crippen molar-refractivity contribution in [1.82, 2.24) is 0 Å². The highest BCUT2D eigenvalue weighted by Gasteiger charge is 2.19. The Labute approximate surface area is 96.3 Å². The fraction of sp³-hybridized carbons (Fsp3) is 0.818. The maximum absolute atomic E-state index is 11.2. The van der Waals surface area contributed by atoms with Gasteiger partial charge in [-0.05, 0) is 40.5 Å². The van der Waals surface area contributed by atoms with Gasteiger partial charge in [0.2, 0.25) is 0 Å². The molecule has 0 aromatic rings. The number of esters is 1.